The Kier molecular flexibility index (Phi) is 48.9. The van der Waals surface area contributed by atoms with Gasteiger partial charge in [-0.25, -0.2) is 0 Å². The third-order valence-corrected chi connectivity index (χ3v) is 14.8. The molecule has 2 aliphatic rings. The molecule has 0 aliphatic carbocycles. The standard InChI is InChI=1S/C71H115NO13/c1-3-5-7-9-11-13-15-16-17-18-19-20-21-22-23-24-25-26-27-28-29-30-31-32-33-34-35-36-37-38-39-40-41-42-43-44-45-47-49-51-53-55-63(76)72-59(60(75)54-52-50-48-46-14-12-10-8-6-4-2)58-82-70-68(81)66(79)69(62(57-74)84-70)85-71-67(80)65(78)64(77)61(56-73)83-71/h5,7,11,13,16-17,19-20,22-23,25-26,28-29,31-32,34-35,37-38,40-41,43-44,59-62,64-71,73-75,77-81H,3-4,6,8-10,12,14-15,18,21,24,27,30,33,36,39,42,45-58H2,1-2H3,(H,72,76)/b7-5-,13-11-,17-16-,20-19-,23-22-,26-25-,29-28-,32-31-,35-34-,38-37-,41-40-,44-43-. The molecule has 85 heavy (non-hydrogen) atoms. The second kappa shape index (κ2) is 54.1. The fourth-order valence-electron chi connectivity index (χ4n) is 9.63. The van der Waals surface area contributed by atoms with Crippen molar-refractivity contribution < 1.29 is 64.6 Å². The molecule has 0 aromatic carbocycles. The summed E-state index contributed by atoms with van der Waals surface area (Å²) in [5.41, 5.74) is 0. The molecule has 2 heterocycles. The van der Waals surface area contributed by atoms with Gasteiger partial charge >= 0.3 is 0 Å². The van der Waals surface area contributed by atoms with Crippen molar-refractivity contribution in [3.8, 4) is 0 Å². The molecule has 14 nitrogen and oxygen atoms in total. The summed E-state index contributed by atoms with van der Waals surface area (Å²) in [7, 11) is 0. The van der Waals surface area contributed by atoms with Crippen LogP contribution >= 0.6 is 0 Å². The highest BCUT2D eigenvalue weighted by atomic mass is 16.7. The third-order valence-electron chi connectivity index (χ3n) is 14.8. The second-order valence-corrected chi connectivity index (χ2v) is 22.2. The fraction of sp³-hybridized carbons (Fsp3) is 0.648. The molecule has 14 heteroatoms. The number of carbonyl (C=O) groups excluding carboxylic acids is 1. The lowest BCUT2D eigenvalue weighted by atomic mass is 9.97. The maximum Gasteiger partial charge on any atom is 0.220 e. The van der Waals surface area contributed by atoms with E-state index in [1.807, 2.05) is 0 Å². The predicted octanol–water partition coefficient (Wildman–Crippen LogP) is 12.5. The number of unbranched alkanes of at least 4 members (excludes halogenated alkanes) is 13. The molecule has 0 bridgehead atoms. The Bertz CT molecular complexity index is 1980. The van der Waals surface area contributed by atoms with Crippen LogP contribution in [0.15, 0.2) is 146 Å². The highest BCUT2D eigenvalue weighted by Crippen LogP contribution is 2.30. The first-order valence-corrected chi connectivity index (χ1v) is 32.6. The Labute approximate surface area is 513 Å². The summed E-state index contributed by atoms with van der Waals surface area (Å²) in [4.78, 5) is 13.2. The SMILES string of the molecule is CC/C=C\C/C=C\C/C=C\C/C=C\C/C=C\C/C=C\C/C=C\C/C=C\C/C=C\C/C=C\C/C=C\C/C=C\CCCCCCC(=O)NC(COC1OC(CO)C(OC2OC(CO)C(O)C(O)C2O)C(O)C1O)C(O)CCCCCCCCCCCC. The number of rotatable bonds is 50. The molecule has 12 unspecified atom stereocenters. The molecule has 2 rings (SSSR count). The lowest BCUT2D eigenvalue weighted by Gasteiger charge is -2.46. The van der Waals surface area contributed by atoms with E-state index in [0.29, 0.717) is 12.8 Å². The van der Waals surface area contributed by atoms with Crippen LogP contribution in [0.4, 0.5) is 0 Å². The maximum atomic E-state index is 13.2. The van der Waals surface area contributed by atoms with Crippen molar-refractivity contribution in [2.75, 3.05) is 19.8 Å². The van der Waals surface area contributed by atoms with Gasteiger partial charge in [-0.05, 0) is 103 Å². The Balaban J connectivity index is 1.62. The molecular weight excluding hydrogens is 1070 g/mol. The van der Waals surface area contributed by atoms with E-state index in [1.54, 1.807) is 0 Å². The number of ether oxygens (including phenoxy) is 4. The summed E-state index contributed by atoms with van der Waals surface area (Å²) in [5.74, 6) is -0.240. The van der Waals surface area contributed by atoms with Gasteiger partial charge in [0.25, 0.3) is 0 Å². The molecule has 2 saturated heterocycles. The highest BCUT2D eigenvalue weighted by Gasteiger charge is 2.51. The summed E-state index contributed by atoms with van der Waals surface area (Å²) >= 11 is 0. The normalized spacial score (nSPS) is 24.5. The van der Waals surface area contributed by atoms with E-state index < -0.39 is 86.8 Å². The van der Waals surface area contributed by atoms with E-state index in [4.69, 9.17) is 18.9 Å². The van der Waals surface area contributed by atoms with Crippen LogP contribution in [0.25, 0.3) is 0 Å². The van der Waals surface area contributed by atoms with E-state index in [2.05, 4.69) is 165 Å². The van der Waals surface area contributed by atoms with Gasteiger partial charge in [0.2, 0.25) is 5.91 Å². The van der Waals surface area contributed by atoms with E-state index in [1.165, 1.54) is 38.5 Å². The Morgan fingerprint density at radius 3 is 1.25 bits per heavy atom. The molecule has 482 valence electrons. The van der Waals surface area contributed by atoms with E-state index >= 15 is 0 Å². The first kappa shape index (κ1) is 77.0. The summed E-state index contributed by atoms with van der Waals surface area (Å²) in [5, 5.41) is 87.1. The summed E-state index contributed by atoms with van der Waals surface area (Å²) < 4.78 is 22.8. The zero-order valence-corrected chi connectivity index (χ0v) is 52.0. The monoisotopic (exact) mass is 1190 g/mol. The fourth-order valence-corrected chi connectivity index (χ4v) is 9.63. The van der Waals surface area contributed by atoms with Gasteiger partial charge in [0.15, 0.2) is 12.6 Å². The molecule has 0 spiro atoms. The average molecular weight is 1190 g/mol. The summed E-state index contributed by atoms with van der Waals surface area (Å²) in [6.45, 7) is 2.68. The van der Waals surface area contributed by atoms with E-state index in [-0.39, 0.29) is 18.9 Å². The number of carbonyl (C=O) groups is 1. The number of aliphatic hydroxyl groups is 8. The topological polar surface area (TPSA) is 228 Å². The predicted molar refractivity (Wildman–Crippen MR) is 345 cm³/mol. The summed E-state index contributed by atoms with van der Waals surface area (Å²) in [6, 6.07) is -0.851. The Hall–Kier alpha value is -4.13. The van der Waals surface area contributed by atoms with Crippen LogP contribution in [0.1, 0.15) is 200 Å². The molecule has 0 saturated carbocycles. The molecular formula is C71H115NO13. The van der Waals surface area contributed by atoms with Crippen molar-refractivity contribution in [3.05, 3.63) is 146 Å². The molecule has 2 aliphatic heterocycles. The lowest BCUT2D eigenvalue weighted by molar-refractivity contribution is -0.359. The number of hydrogen-bond donors (Lipinski definition) is 9. The molecule has 1 amide bonds. The number of allylic oxidation sites excluding steroid dienone is 24. The van der Waals surface area contributed by atoms with Crippen LogP contribution in [0.5, 0.6) is 0 Å². The van der Waals surface area contributed by atoms with Crippen LogP contribution in [-0.4, -0.2) is 140 Å². The van der Waals surface area contributed by atoms with Crippen LogP contribution in [0.3, 0.4) is 0 Å². The van der Waals surface area contributed by atoms with Gasteiger partial charge in [-0.1, -0.05) is 237 Å². The van der Waals surface area contributed by atoms with Gasteiger partial charge < -0.3 is 65.1 Å². The third kappa shape index (κ3) is 38.7. The average Bonchev–Trinajstić information content (AvgIpc) is 2.93. The molecule has 0 aromatic heterocycles. The van der Waals surface area contributed by atoms with Gasteiger partial charge in [-0.3, -0.25) is 4.79 Å². The molecule has 2 fully saturated rings. The van der Waals surface area contributed by atoms with Crippen LogP contribution < -0.4 is 5.32 Å². The molecule has 0 radical (unpaired) electrons. The smallest absolute Gasteiger partial charge is 0.220 e. The number of amides is 1. The maximum absolute atomic E-state index is 13.2. The van der Waals surface area contributed by atoms with E-state index in [9.17, 15) is 45.6 Å². The lowest BCUT2D eigenvalue weighted by Crippen LogP contribution is -2.65. The quantitative estimate of drug-likeness (QED) is 0.0204. The van der Waals surface area contributed by atoms with Crippen molar-refractivity contribution in [2.24, 2.45) is 0 Å². The first-order chi connectivity index (χ1) is 41.6. The van der Waals surface area contributed by atoms with Crippen molar-refractivity contribution >= 4 is 5.91 Å². The van der Waals surface area contributed by atoms with Crippen LogP contribution in [0.2, 0.25) is 0 Å². The van der Waals surface area contributed by atoms with E-state index in [0.717, 1.165) is 128 Å². The van der Waals surface area contributed by atoms with Crippen LogP contribution in [0, 0.1) is 0 Å². The molecule has 0 aromatic rings. The molecule has 12 atom stereocenters. The minimum atomic E-state index is -1.79. The highest BCUT2D eigenvalue weighted by molar-refractivity contribution is 5.76. The Morgan fingerprint density at radius 1 is 0.435 bits per heavy atom. The van der Waals surface area contributed by atoms with Gasteiger partial charge in [0, 0.05) is 6.42 Å². The Morgan fingerprint density at radius 2 is 0.812 bits per heavy atom. The number of nitrogens with one attached hydrogen (secondary N) is 1. The van der Waals surface area contributed by atoms with Gasteiger partial charge in [0.05, 0.1) is 32.0 Å². The molecule has 9 N–H and O–H groups in total. The van der Waals surface area contributed by atoms with Gasteiger partial charge in [0.1, 0.15) is 48.8 Å². The van der Waals surface area contributed by atoms with Gasteiger partial charge in [-0.15, -0.1) is 0 Å². The first-order valence-electron chi connectivity index (χ1n) is 32.6. The largest absolute Gasteiger partial charge is 0.394 e. The van der Waals surface area contributed by atoms with Crippen molar-refractivity contribution in [3.63, 3.8) is 0 Å². The minimum Gasteiger partial charge on any atom is -0.394 e. The van der Waals surface area contributed by atoms with Crippen molar-refractivity contribution in [1.82, 2.24) is 5.32 Å². The summed E-state index contributed by atoms with van der Waals surface area (Å²) in [6.07, 6.45) is 64.5. The second-order valence-electron chi connectivity index (χ2n) is 22.2. The minimum absolute atomic E-state index is 0.240. The van der Waals surface area contributed by atoms with Gasteiger partial charge in [-0.2, -0.15) is 0 Å². The zero-order chi connectivity index (χ0) is 61.6. The zero-order valence-electron chi connectivity index (χ0n) is 52.0. The van der Waals surface area contributed by atoms with Crippen molar-refractivity contribution in [2.45, 2.75) is 274 Å². The number of aliphatic hydroxyl groups excluding tert-OH is 8. The number of hydrogen-bond acceptors (Lipinski definition) is 13. The van der Waals surface area contributed by atoms with Crippen molar-refractivity contribution in [1.29, 1.82) is 0 Å². The van der Waals surface area contributed by atoms with Crippen LogP contribution in [-0.2, 0) is 23.7 Å².